The summed E-state index contributed by atoms with van der Waals surface area (Å²) in [6.45, 7) is 1.86. The number of pyridine rings is 1. The minimum Gasteiger partial charge on any atom is -0.457 e. The maximum Gasteiger partial charge on any atom is 0.332 e. The molecule has 0 radical (unpaired) electrons. The Kier molecular flexibility index (Phi) is 5.56. The topological polar surface area (TPSA) is 78.2 Å². The van der Waals surface area contributed by atoms with Gasteiger partial charge in [0.15, 0.2) is 5.52 Å². The molecule has 1 aliphatic heterocycles. The number of fused-ring (bicyclic) bond motifs is 1. The molecule has 1 N–H and O–H groups in total. The van der Waals surface area contributed by atoms with Gasteiger partial charge in [-0.25, -0.2) is 9.78 Å². The second-order valence-electron chi connectivity index (χ2n) is 7.97. The molecule has 32 heavy (non-hydrogen) atoms. The van der Waals surface area contributed by atoms with Crippen LogP contribution in [0.15, 0.2) is 82.5 Å². The summed E-state index contributed by atoms with van der Waals surface area (Å²) in [4.78, 5) is 30.9. The molecule has 5 rings (SSSR count). The van der Waals surface area contributed by atoms with E-state index in [2.05, 4.69) is 10.3 Å². The molecule has 1 unspecified atom stereocenters. The number of nitrogens with one attached hydrogen (secondary N) is 1. The van der Waals surface area contributed by atoms with Crippen LogP contribution in [0.3, 0.4) is 0 Å². The van der Waals surface area contributed by atoms with Crippen LogP contribution in [0.5, 0.6) is 11.5 Å². The van der Waals surface area contributed by atoms with Crippen molar-refractivity contribution in [2.45, 2.75) is 25.4 Å². The van der Waals surface area contributed by atoms with E-state index in [0.29, 0.717) is 24.1 Å². The van der Waals surface area contributed by atoms with Crippen molar-refractivity contribution in [2.24, 2.45) is 0 Å². The van der Waals surface area contributed by atoms with Crippen molar-refractivity contribution in [2.75, 3.05) is 13.1 Å². The van der Waals surface area contributed by atoms with Gasteiger partial charge in [0.25, 0.3) is 5.56 Å². The molecule has 1 fully saturated rings. The van der Waals surface area contributed by atoms with Crippen LogP contribution in [0, 0.1) is 0 Å². The quantitative estimate of drug-likeness (QED) is 0.524. The second kappa shape index (κ2) is 8.80. The third-order valence-corrected chi connectivity index (χ3v) is 5.81. The van der Waals surface area contributed by atoms with Gasteiger partial charge >= 0.3 is 5.69 Å². The Hall–Kier alpha value is -3.71. The zero-order chi connectivity index (χ0) is 21.9. The number of nitrogens with zero attached hydrogens (tertiary/aromatic N) is 3. The molecule has 0 bridgehead atoms. The van der Waals surface area contributed by atoms with Gasteiger partial charge < -0.3 is 10.1 Å². The van der Waals surface area contributed by atoms with Crippen LogP contribution in [0.2, 0.25) is 0 Å². The molecular formula is C25H26N4O3. The van der Waals surface area contributed by atoms with E-state index in [1.165, 1.54) is 4.57 Å². The van der Waals surface area contributed by atoms with Gasteiger partial charge in [-0.05, 0) is 61.3 Å². The monoisotopic (exact) mass is 430 g/mol. The number of hydrogen-bond donors (Lipinski definition) is 1. The zero-order valence-corrected chi connectivity index (χ0v) is 17.6. The molecule has 0 saturated carbocycles. The third-order valence-electron chi connectivity index (χ3n) is 5.81. The van der Waals surface area contributed by atoms with E-state index in [4.69, 9.17) is 4.74 Å². The van der Waals surface area contributed by atoms with Crippen molar-refractivity contribution in [3.63, 3.8) is 0 Å². The second-order valence-corrected chi connectivity index (χ2v) is 7.97. The fourth-order valence-electron chi connectivity index (χ4n) is 4.21. The van der Waals surface area contributed by atoms with Crippen LogP contribution in [-0.4, -0.2) is 27.2 Å². The number of ether oxygens (including phenoxy) is 1. The van der Waals surface area contributed by atoms with Gasteiger partial charge in [0, 0.05) is 14.2 Å². The first kappa shape index (κ1) is 20.2. The van der Waals surface area contributed by atoms with Crippen molar-refractivity contribution >= 4 is 11.0 Å². The van der Waals surface area contributed by atoms with E-state index in [1.807, 2.05) is 54.6 Å². The average molecular weight is 431 g/mol. The number of para-hydroxylation sites is 1. The molecule has 7 nitrogen and oxygen atoms in total. The van der Waals surface area contributed by atoms with Crippen LogP contribution < -0.4 is 21.3 Å². The van der Waals surface area contributed by atoms with Crippen molar-refractivity contribution in [1.82, 2.24) is 19.4 Å². The molecule has 7 heteroatoms. The first-order chi connectivity index (χ1) is 15.7. The summed E-state index contributed by atoms with van der Waals surface area (Å²) in [6, 6.07) is 20.6. The smallest absolute Gasteiger partial charge is 0.332 e. The highest BCUT2D eigenvalue weighted by molar-refractivity contribution is 5.73. The van der Waals surface area contributed by atoms with E-state index in [1.54, 1.807) is 22.9 Å². The maximum atomic E-state index is 13.5. The Balaban J connectivity index is 0.00000259. The van der Waals surface area contributed by atoms with E-state index in [9.17, 15) is 9.59 Å². The standard InChI is InChI=1S/C25H24N4O3.H2/c30-24-23-22(9-5-15-27-23)28(25(31)29(24)19-6-4-14-26-16-19)17-18-10-12-21(13-11-18)32-20-7-2-1-3-8-20;/h1-3,5,7-13,15,19,26H,4,6,14,16-17H2;1H. The molecule has 2 aromatic carbocycles. The first-order valence-electron chi connectivity index (χ1n) is 10.8. The van der Waals surface area contributed by atoms with E-state index in [-0.39, 0.29) is 18.7 Å². The Bertz CT molecular complexity index is 1340. The van der Waals surface area contributed by atoms with E-state index >= 15 is 0 Å². The van der Waals surface area contributed by atoms with Crippen molar-refractivity contribution in [3.8, 4) is 11.5 Å². The number of hydrogen-bond acceptors (Lipinski definition) is 5. The summed E-state index contributed by atoms with van der Waals surface area (Å²) in [6.07, 6.45) is 3.32. The highest BCUT2D eigenvalue weighted by Crippen LogP contribution is 2.22. The lowest BCUT2D eigenvalue weighted by molar-refractivity contribution is 0.349. The lowest BCUT2D eigenvalue weighted by Crippen LogP contribution is -2.46. The summed E-state index contributed by atoms with van der Waals surface area (Å²) >= 11 is 0. The van der Waals surface area contributed by atoms with Crippen LogP contribution in [0.4, 0.5) is 0 Å². The summed E-state index contributed by atoms with van der Waals surface area (Å²) in [7, 11) is 0. The predicted octanol–water partition coefficient (Wildman–Crippen LogP) is 3.57. The number of piperidine rings is 1. The molecule has 1 saturated heterocycles. The molecule has 1 aliphatic rings. The van der Waals surface area contributed by atoms with Gasteiger partial charge in [-0.2, -0.15) is 0 Å². The SMILES string of the molecule is O=c1c2ncccc2n(Cc2ccc(Oc3ccccc3)cc2)c(=O)n1C1CCCNC1.[HH]. The van der Waals surface area contributed by atoms with Crippen LogP contribution >= 0.6 is 0 Å². The van der Waals surface area contributed by atoms with Crippen molar-refractivity contribution in [3.05, 3.63) is 99.3 Å². The zero-order valence-electron chi connectivity index (χ0n) is 17.6. The Morgan fingerprint density at radius 1 is 1.00 bits per heavy atom. The molecule has 0 aliphatic carbocycles. The molecular weight excluding hydrogens is 404 g/mol. The summed E-state index contributed by atoms with van der Waals surface area (Å²) in [5.41, 5.74) is 1.19. The van der Waals surface area contributed by atoms with Gasteiger partial charge in [-0.15, -0.1) is 0 Å². The van der Waals surface area contributed by atoms with Gasteiger partial charge in [-0.3, -0.25) is 13.9 Å². The fraction of sp³-hybridized carbons (Fsp3) is 0.240. The predicted molar refractivity (Wildman–Crippen MR) is 126 cm³/mol. The average Bonchev–Trinajstić information content (AvgIpc) is 2.84. The van der Waals surface area contributed by atoms with E-state index in [0.717, 1.165) is 36.4 Å². The first-order valence-corrected chi connectivity index (χ1v) is 10.8. The Labute approximate surface area is 186 Å². The van der Waals surface area contributed by atoms with Crippen LogP contribution in [0.1, 0.15) is 25.9 Å². The largest absolute Gasteiger partial charge is 0.457 e. The molecule has 4 aromatic rings. The third kappa shape index (κ3) is 3.94. The Morgan fingerprint density at radius 3 is 2.53 bits per heavy atom. The van der Waals surface area contributed by atoms with Gasteiger partial charge in [-0.1, -0.05) is 30.3 Å². The molecule has 3 heterocycles. The number of aromatic nitrogens is 3. The summed E-state index contributed by atoms with van der Waals surface area (Å²) in [5.74, 6) is 1.48. The molecule has 164 valence electrons. The summed E-state index contributed by atoms with van der Waals surface area (Å²) < 4.78 is 8.89. The molecule has 0 amide bonds. The fourth-order valence-corrected chi connectivity index (χ4v) is 4.21. The maximum absolute atomic E-state index is 13.5. The summed E-state index contributed by atoms with van der Waals surface area (Å²) in [5, 5.41) is 3.29. The highest BCUT2D eigenvalue weighted by atomic mass is 16.5. The lowest BCUT2D eigenvalue weighted by atomic mass is 10.1. The van der Waals surface area contributed by atoms with Gasteiger partial charge in [0.1, 0.15) is 11.5 Å². The number of benzene rings is 2. The normalized spacial score (nSPS) is 16.2. The van der Waals surface area contributed by atoms with Gasteiger partial charge in [0.05, 0.1) is 18.1 Å². The van der Waals surface area contributed by atoms with Gasteiger partial charge in [0.2, 0.25) is 0 Å². The number of rotatable bonds is 5. The highest BCUT2D eigenvalue weighted by Gasteiger charge is 2.22. The molecule has 0 spiro atoms. The van der Waals surface area contributed by atoms with Crippen LogP contribution in [-0.2, 0) is 6.54 Å². The van der Waals surface area contributed by atoms with Crippen molar-refractivity contribution < 1.29 is 6.16 Å². The minimum atomic E-state index is -0.317. The minimum absolute atomic E-state index is 0. The molecule has 1 atom stereocenters. The Morgan fingerprint density at radius 2 is 1.78 bits per heavy atom. The van der Waals surface area contributed by atoms with E-state index < -0.39 is 0 Å². The van der Waals surface area contributed by atoms with Crippen LogP contribution in [0.25, 0.3) is 11.0 Å². The lowest BCUT2D eigenvalue weighted by Gasteiger charge is -2.25. The molecule has 2 aromatic heterocycles. The van der Waals surface area contributed by atoms with Crippen molar-refractivity contribution in [1.29, 1.82) is 0 Å².